The van der Waals surface area contributed by atoms with Gasteiger partial charge >= 0.3 is 12.1 Å². The summed E-state index contributed by atoms with van der Waals surface area (Å²) in [5.41, 5.74) is 0.924. The highest BCUT2D eigenvalue weighted by Crippen LogP contribution is 2.05. The summed E-state index contributed by atoms with van der Waals surface area (Å²) in [5.74, 6) is -0.334. The highest BCUT2D eigenvalue weighted by molar-refractivity contribution is 5.69. The molecule has 0 saturated carbocycles. The maximum Gasteiger partial charge on any atom is 0.408 e. The van der Waals surface area contributed by atoms with Gasteiger partial charge in [-0.1, -0.05) is 30.3 Å². The van der Waals surface area contributed by atoms with Gasteiger partial charge in [0.1, 0.15) is 12.8 Å². The molecule has 0 aromatic heterocycles. The maximum atomic E-state index is 11.5. The van der Waals surface area contributed by atoms with Crippen molar-refractivity contribution in [3.8, 4) is 0 Å². The molecule has 0 aliphatic carbocycles. The first kappa shape index (κ1) is 16.0. The first-order chi connectivity index (χ1) is 9.61. The predicted octanol–water partition coefficient (Wildman–Crippen LogP) is 1.57. The Bertz CT molecular complexity index is 421. The summed E-state index contributed by atoms with van der Waals surface area (Å²) in [6, 6.07) is 9.38. The van der Waals surface area contributed by atoms with E-state index in [1.807, 2.05) is 30.3 Å². The number of carbonyl (C=O) groups is 2. The van der Waals surface area contributed by atoms with Crippen LogP contribution in [0.3, 0.4) is 0 Å². The molecular weight excluding hydrogens is 262 g/mol. The van der Waals surface area contributed by atoms with E-state index >= 15 is 0 Å². The number of hydrogen-bond acceptors (Lipinski definition) is 5. The van der Waals surface area contributed by atoms with E-state index < -0.39 is 12.3 Å². The molecule has 20 heavy (non-hydrogen) atoms. The van der Waals surface area contributed by atoms with Crippen LogP contribution in [0.5, 0.6) is 0 Å². The van der Waals surface area contributed by atoms with Crippen LogP contribution in [0.1, 0.15) is 24.8 Å². The van der Waals surface area contributed by atoms with Crippen molar-refractivity contribution in [3.63, 3.8) is 0 Å². The number of rotatable bonds is 7. The summed E-state index contributed by atoms with van der Waals surface area (Å²) in [6.45, 7) is 0.239. The molecule has 0 fully saturated rings. The molecule has 6 heteroatoms. The van der Waals surface area contributed by atoms with Gasteiger partial charge in [0, 0.05) is 6.42 Å². The van der Waals surface area contributed by atoms with Crippen molar-refractivity contribution in [2.75, 3.05) is 7.11 Å². The third-order valence-corrected chi connectivity index (χ3v) is 2.57. The molecule has 1 atom stereocenters. The van der Waals surface area contributed by atoms with Gasteiger partial charge in [0.25, 0.3) is 0 Å². The summed E-state index contributed by atoms with van der Waals surface area (Å²) >= 11 is 0. The largest absolute Gasteiger partial charge is 0.461 e. The van der Waals surface area contributed by atoms with Crippen molar-refractivity contribution in [2.24, 2.45) is 0 Å². The van der Waals surface area contributed by atoms with E-state index in [0.717, 1.165) is 5.56 Å². The van der Waals surface area contributed by atoms with Crippen LogP contribution in [0.25, 0.3) is 0 Å². The lowest BCUT2D eigenvalue weighted by atomic mass is 10.2. The fourth-order valence-electron chi connectivity index (χ4n) is 1.52. The van der Waals surface area contributed by atoms with Crippen LogP contribution < -0.4 is 5.32 Å². The molecule has 1 aromatic rings. The zero-order valence-electron chi connectivity index (χ0n) is 11.4. The number of hydrogen-bond donors (Lipinski definition) is 2. The Morgan fingerprint density at radius 1 is 1.30 bits per heavy atom. The molecule has 0 aliphatic rings. The number of esters is 1. The summed E-state index contributed by atoms with van der Waals surface area (Å²) in [4.78, 5) is 22.3. The molecular formula is C14H19NO5. The molecule has 2 N–H and O–H groups in total. The second-order valence-electron chi connectivity index (χ2n) is 4.19. The van der Waals surface area contributed by atoms with Crippen molar-refractivity contribution in [2.45, 2.75) is 32.1 Å². The Balaban J connectivity index is 2.12. The van der Waals surface area contributed by atoms with Crippen LogP contribution in [0.2, 0.25) is 0 Å². The average molecular weight is 281 g/mol. The molecule has 0 aliphatic heterocycles. The number of carbonyl (C=O) groups excluding carboxylic acids is 2. The Morgan fingerprint density at radius 2 is 2.00 bits per heavy atom. The summed E-state index contributed by atoms with van der Waals surface area (Å²) in [7, 11) is 1.21. The van der Waals surface area contributed by atoms with Gasteiger partial charge in [0.15, 0.2) is 0 Å². The molecule has 1 aromatic carbocycles. The van der Waals surface area contributed by atoms with Crippen LogP contribution in [-0.2, 0) is 20.9 Å². The van der Waals surface area contributed by atoms with E-state index in [1.54, 1.807) is 0 Å². The normalized spacial score (nSPS) is 11.5. The Morgan fingerprint density at radius 3 is 2.65 bits per heavy atom. The lowest BCUT2D eigenvalue weighted by Gasteiger charge is -2.11. The summed E-state index contributed by atoms with van der Waals surface area (Å²) < 4.78 is 9.41. The fraction of sp³-hybridized carbons (Fsp3) is 0.429. The molecule has 6 nitrogen and oxygen atoms in total. The van der Waals surface area contributed by atoms with Crippen LogP contribution in [-0.4, -0.2) is 30.5 Å². The number of alkyl carbamates (subject to hydrolysis) is 1. The van der Waals surface area contributed by atoms with E-state index in [4.69, 9.17) is 4.74 Å². The number of amides is 1. The molecule has 0 radical (unpaired) electrons. The summed E-state index contributed by atoms with van der Waals surface area (Å²) in [5, 5.41) is 11.6. The van der Waals surface area contributed by atoms with Gasteiger partial charge in [-0.3, -0.25) is 10.1 Å². The second kappa shape index (κ2) is 8.92. The molecule has 0 heterocycles. The molecule has 0 bridgehead atoms. The smallest absolute Gasteiger partial charge is 0.408 e. The van der Waals surface area contributed by atoms with E-state index in [1.165, 1.54) is 7.11 Å². The van der Waals surface area contributed by atoms with Crippen molar-refractivity contribution in [1.29, 1.82) is 0 Å². The van der Waals surface area contributed by atoms with Crippen molar-refractivity contribution < 1.29 is 24.2 Å². The van der Waals surface area contributed by atoms with Crippen molar-refractivity contribution in [3.05, 3.63) is 35.9 Å². The topological polar surface area (TPSA) is 84.9 Å². The second-order valence-corrected chi connectivity index (χ2v) is 4.19. The summed E-state index contributed by atoms with van der Waals surface area (Å²) in [6.07, 6.45) is -0.866. The van der Waals surface area contributed by atoms with Gasteiger partial charge in [-0.05, 0) is 18.4 Å². The minimum atomic E-state index is -1.02. The van der Waals surface area contributed by atoms with E-state index in [-0.39, 0.29) is 25.4 Å². The SMILES string of the molecule is COC(=O)NC(O)CCCC(=O)OCc1ccccc1. The standard InChI is InChI=1S/C14H19NO5/c1-19-14(18)15-12(16)8-5-9-13(17)20-10-11-6-3-2-4-7-11/h2-4,6-7,12,16H,5,8-10H2,1H3,(H,15,18). The van der Waals surface area contributed by atoms with Gasteiger partial charge in [-0.2, -0.15) is 0 Å². The van der Waals surface area contributed by atoms with Crippen LogP contribution in [0.15, 0.2) is 30.3 Å². The molecule has 1 amide bonds. The zero-order valence-corrected chi connectivity index (χ0v) is 11.4. The third kappa shape index (κ3) is 6.75. The number of benzene rings is 1. The fourth-order valence-corrected chi connectivity index (χ4v) is 1.52. The first-order valence-electron chi connectivity index (χ1n) is 6.34. The van der Waals surface area contributed by atoms with Crippen LogP contribution >= 0.6 is 0 Å². The Kier molecular flexibility index (Phi) is 7.13. The quantitative estimate of drug-likeness (QED) is 0.585. The lowest BCUT2D eigenvalue weighted by Crippen LogP contribution is -2.34. The van der Waals surface area contributed by atoms with E-state index in [9.17, 15) is 14.7 Å². The molecule has 1 rings (SSSR count). The van der Waals surface area contributed by atoms with E-state index in [0.29, 0.717) is 6.42 Å². The van der Waals surface area contributed by atoms with Gasteiger partial charge in [-0.15, -0.1) is 0 Å². The number of methoxy groups -OCH3 is 1. The van der Waals surface area contributed by atoms with Gasteiger partial charge in [0.05, 0.1) is 7.11 Å². The van der Waals surface area contributed by atoms with Gasteiger partial charge in [-0.25, -0.2) is 4.79 Å². The molecule has 110 valence electrons. The monoisotopic (exact) mass is 281 g/mol. The highest BCUT2D eigenvalue weighted by Gasteiger charge is 2.10. The van der Waals surface area contributed by atoms with E-state index in [2.05, 4.69) is 10.1 Å². The number of aliphatic hydroxyl groups is 1. The van der Waals surface area contributed by atoms with Crippen molar-refractivity contribution >= 4 is 12.1 Å². The average Bonchev–Trinajstić information content (AvgIpc) is 2.46. The highest BCUT2D eigenvalue weighted by atomic mass is 16.5. The van der Waals surface area contributed by atoms with Crippen LogP contribution in [0, 0.1) is 0 Å². The Hall–Kier alpha value is -2.08. The zero-order chi connectivity index (χ0) is 14.8. The number of nitrogens with one attached hydrogen (secondary N) is 1. The minimum Gasteiger partial charge on any atom is -0.461 e. The van der Waals surface area contributed by atoms with Crippen LogP contribution in [0.4, 0.5) is 4.79 Å². The van der Waals surface area contributed by atoms with Gasteiger partial charge < -0.3 is 14.6 Å². The maximum absolute atomic E-state index is 11.5. The predicted molar refractivity (Wildman–Crippen MR) is 71.6 cm³/mol. The number of ether oxygens (including phenoxy) is 2. The van der Waals surface area contributed by atoms with Gasteiger partial charge in [0.2, 0.25) is 0 Å². The minimum absolute atomic E-state index is 0.187. The first-order valence-corrected chi connectivity index (χ1v) is 6.34. The lowest BCUT2D eigenvalue weighted by molar-refractivity contribution is -0.145. The molecule has 0 spiro atoms. The van der Waals surface area contributed by atoms with Crippen molar-refractivity contribution in [1.82, 2.24) is 5.32 Å². The Labute approximate surface area is 117 Å². The molecule has 0 saturated heterocycles. The third-order valence-electron chi connectivity index (χ3n) is 2.57. The molecule has 1 unspecified atom stereocenters. The number of aliphatic hydroxyl groups excluding tert-OH is 1.